The van der Waals surface area contributed by atoms with Gasteiger partial charge in [-0.25, -0.2) is 0 Å². The van der Waals surface area contributed by atoms with Gasteiger partial charge in [0.25, 0.3) is 0 Å². The first-order valence-corrected chi connectivity index (χ1v) is 3.65. The third-order valence-electron chi connectivity index (χ3n) is 1.98. The zero-order valence-electron chi connectivity index (χ0n) is 7.06. The number of benzene rings is 1. The molecule has 0 spiro atoms. The molecule has 1 heterocycles. The van der Waals surface area contributed by atoms with Crippen LogP contribution in [-0.2, 0) is 7.05 Å². The number of hydrogen-bond donors (Lipinski definition) is 2. The van der Waals surface area contributed by atoms with Gasteiger partial charge in [0.2, 0.25) is 0 Å². The van der Waals surface area contributed by atoms with Gasteiger partial charge in [0.1, 0.15) is 0 Å². The number of phenolic OH excluding ortho intramolecular Hbond substituents is 2. The maximum Gasteiger partial charge on any atom is 0.159 e. The van der Waals surface area contributed by atoms with Crippen LogP contribution >= 0.6 is 17.0 Å². The Morgan fingerprint density at radius 2 is 1.77 bits per heavy atom. The van der Waals surface area contributed by atoms with Crippen LogP contribution in [0.2, 0.25) is 0 Å². The van der Waals surface area contributed by atoms with E-state index in [-0.39, 0.29) is 28.5 Å². The fourth-order valence-corrected chi connectivity index (χ4v) is 1.29. The Morgan fingerprint density at radius 3 is 2.46 bits per heavy atom. The molecule has 0 radical (unpaired) electrons. The van der Waals surface area contributed by atoms with Gasteiger partial charge in [-0.1, -0.05) is 0 Å². The molecule has 0 bridgehead atoms. The lowest BCUT2D eigenvalue weighted by Gasteiger charge is -1.99. The van der Waals surface area contributed by atoms with Gasteiger partial charge < -0.3 is 14.8 Å². The quantitative estimate of drug-likeness (QED) is 0.697. The summed E-state index contributed by atoms with van der Waals surface area (Å²) in [6.07, 6.45) is 1.88. The molecular formula is C9H10BrNO2. The van der Waals surface area contributed by atoms with Crippen LogP contribution in [0.25, 0.3) is 10.9 Å². The Bertz CT molecular complexity index is 436. The van der Waals surface area contributed by atoms with Crippen molar-refractivity contribution in [3.63, 3.8) is 0 Å². The number of nitrogens with zero attached hydrogens (tertiary/aromatic N) is 1. The highest BCUT2D eigenvalue weighted by atomic mass is 79.9. The summed E-state index contributed by atoms with van der Waals surface area (Å²) in [5.41, 5.74) is 0.908. The number of aromatic hydroxyl groups is 2. The molecule has 70 valence electrons. The molecule has 0 unspecified atom stereocenters. The highest BCUT2D eigenvalue weighted by molar-refractivity contribution is 8.93. The van der Waals surface area contributed by atoms with E-state index < -0.39 is 0 Å². The molecule has 4 heteroatoms. The fraction of sp³-hybridized carbons (Fsp3) is 0.111. The standard InChI is InChI=1S/C9H9NO2.BrH/c1-10-3-2-6-4-8(11)9(12)5-7(6)10;/h2-5,11-12H,1H3;1H. The van der Waals surface area contributed by atoms with Crippen molar-refractivity contribution < 1.29 is 10.2 Å². The molecule has 1 aromatic heterocycles. The molecule has 0 saturated heterocycles. The van der Waals surface area contributed by atoms with E-state index in [1.807, 2.05) is 23.9 Å². The number of halogens is 1. The predicted molar refractivity (Wildman–Crippen MR) is 56.6 cm³/mol. The van der Waals surface area contributed by atoms with E-state index in [4.69, 9.17) is 5.11 Å². The van der Waals surface area contributed by atoms with E-state index in [1.165, 1.54) is 0 Å². The van der Waals surface area contributed by atoms with Crippen molar-refractivity contribution >= 4 is 27.9 Å². The van der Waals surface area contributed by atoms with Crippen LogP contribution in [0.4, 0.5) is 0 Å². The summed E-state index contributed by atoms with van der Waals surface area (Å²) in [4.78, 5) is 0. The Morgan fingerprint density at radius 1 is 1.15 bits per heavy atom. The van der Waals surface area contributed by atoms with Crippen molar-refractivity contribution in [2.24, 2.45) is 7.05 Å². The minimum Gasteiger partial charge on any atom is -0.504 e. The SMILES string of the molecule is Br.Cn1ccc2cc(O)c(O)cc21. The van der Waals surface area contributed by atoms with Gasteiger partial charge in [0.05, 0.1) is 5.52 Å². The van der Waals surface area contributed by atoms with Gasteiger partial charge in [0, 0.05) is 24.7 Å². The number of fused-ring (bicyclic) bond motifs is 1. The summed E-state index contributed by atoms with van der Waals surface area (Å²) in [5.74, 6) is -0.155. The lowest BCUT2D eigenvalue weighted by Crippen LogP contribution is -1.82. The van der Waals surface area contributed by atoms with Crippen molar-refractivity contribution in [1.29, 1.82) is 0 Å². The average Bonchev–Trinajstić information content (AvgIpc) is 2.35. The molecule has 0 aliphatic heterocycles. The largest absolute Gasteiger partial charge is 0.504 e. The third-order valence-corrected chi connectivity index (χ3v) is 1.98. The van der Waals surface area contributed by atoms with Gasteiger partial charge in [-0.2, -0.15) is 0 Å². The van der Waals surface area contributed by atoms with Crippen molar-refractivity contribution in [2.75, 3.05) is 0 Å². The first kappa shape index (κ1) is 9.92. The monoisotopic (exact) mass is 243 g/mol. The zero-order chi connectivity index (χ0) is 8.72. The minimum absolute atomic E-state index is 0. The Balaban J connectivity index is 0.000000845. The van der Waals surface area contributed by atoms with Gasteiger partial charge in [0.15, 0.2) is 11.5 Å². The van der Waals surface area contributed by atoms with Gasteiger partial charge in [-0.3, -0.25) is 0 Å². The molecule has 0 saturated carbocycles. The number of phenols is 2. The highest BCUT2D eigenvalue weighted by Gasteiger charge is 2.03. The van der Waals surface area contributed by atoms with Crippen LogP contribution in [0.3, 0.4) is 0 Å². The molecule has 0 fully saturated rings. The molecule has 13 heavy (non-hydrogen) atoms. The smallest absolute Gasteiger partial charge is 0.159 e. The molecule has 0 amide bonds. The second-order valence-electron chi connectivity index (χ2n) is 2.83. The summed E-state index contributed by atoms with van der Waals surface area (Å²) in [5, 5.41) is 19.3. The van der Waals surface area contributed by atoms with Crippen molar-refractivity contribution in [1.82, 2.24) is 4.57 Å². The molecule has 0 aliphatic carbocycles. The summed E-state index contributed by atoms with van der Waals surface area (Å²) < 4.78 is 1.88. The summed E-state index contributed by atoms with van der Waals surface area (Å²) in [6, 6.07) is 4.98. The number of rotatable bonds is 0. The summed E-state index contributed by atoms with van der Waals surface area (Å²) in [7, 11) is 1.89. The van der Waals surface area contributed by atoms with E-state index in [2.05, 4.69) is 0 Å². The molecule has 1 aromatic carbocycles. The van der Waals surface area contributed by atoms with Crippen LogP contribution in [0.15, 0.2) is 24.4 Å². The van der Waals surface area contributed by atoms with Crippen LogP contribution in [-0.4, -0.2) is 14.8 Å². The Kier molecular flexibility index (Phi) is 2.52. The second kappa shape index (κ2) is 3.30. The van der Waals surface area contributed by atoms with Crippen LogP contribution in [0.5, 0.6) is 11.5 Å². The number of hydrogen-bond acceptors (Lipinski definition) is 2. The fourth-order valence-electron chi connectivity index (χ4n) is 1.29. The normalized spacial score (nSPS) is 9.92. The van der Waals surface area contributed by atoms with E-state index in [0.29, 0.717) is 0 Å². The molecule has 2 N–H and O–H groups in total. The zero-order valence-corrected chi connectivity index (χ0v) is 8.77. The molecule has 0 aliphatic rings. The van der Waals surface area contributed by atoms with E-state index >= 15 is 0 Å². The molecule has 2 aromatic rings. The van der Waals surface area contributed by atoms with E-state index in [0.717, 1.165) is 10.9 Å². The topological polar surface area (TPSA) is 45.4 Å². The first-order chi connectivity index (χ1) is 5.68. The maximum atomic E-state index is 9.20. The van der Waals surface area contributed by atoms with Crippen LogP contribution in [0.1, 0.15) is 0 Å². The van der Waals surface area contributed by atoms with Crippen LogP contribution in [0, 0.1) is 0 Å². The predicted octanol–water partition coefficient (Wildman–Crippen LogP) is 2.17. The van der Waals surface area contributed by atoms with Crippen molar-refractivity contribution in [3.8, 4) is 11.5 Å². The highest BCUT2D eigenvalue weighted by Crippen LogP contribution is 2.30. The first-order valence-electron chi connectivity index (χ1n) is 3.65. The van der Waals surface area contributed by atoms with E-state index in [9.17, 15) is 5.11 Å². The number of aromatic nitrogens is 1. The molecule has 3 nitrogen and oxygen atoms in total. The average molecular weight is 244 g/mol. The summed E-state index contributed by atoms with van der Waals surface area (Å²) >= 11 is 0. The van der Waals surface area contributed by atoms with Gasteiger partial charge in [-0.05, 0) is 12.1 Å². The molecule has 0 atom stereocenters. The van der Waals surface area contributed by atoms with Gasteiger partial charge in [-0.15, -0.1) is 17.0 Å². The third kappa shape index (κ3) is 1.49. The maximum absolute atomic E-state index is 9.20. The lowest BCUT2D eigenvalue weighted by molar-refractivity contribution is 0.404. The molecule has 2 rings (SSSR count). The van der Waals surface area contributed by atoms with Crippen molar-refractivity contribution in [2.45, 2.75) is 0 Å². The van der Waals surface area contributed by atoms with Crippen molar-refractivity contribution in [3.05, 3.63) is 24.4 Å². The van der Waals surface area contributed by atoms with Gasteiger partial charge >= 0.3 is 0 Å². The lowest BCUT2D eigenvalue weighted by atomic mass is 10.2. The minimum atomic E-state index is -0.0794. The Hall–Kier alpha value is -1.16. The number of aryl methyl sites for hydroxylation is 1. The second-order valence-corrected chi connectivity index (χ2v) is 2.83. The Labute approximate surface area is 86.0 Å². The van der Waals surface area contributed by atoms with Crippen LogP contribution < -0.4 is 0 Å². The summed E-state index contributed by atoms with van der Waals surface area (Å²) in [6.45, 7) is 0. The molecular weight excluding hydrogens is 234 g/mol. The van der Waals surface area contributed by atoms with E-state index in [1.54, 1.807) is 12.1 Å².